The zero-order valence-electron chi connectivity index (χ0n) is 21.0. The number of thiophene rings is 1. The molecule has 0 atom stereocenters. The summed E-state index contributed by atoms with van der Waals surface area (Å²) in [4.78, 5) is 38.7. The van der Waals surface area contributed by atoms with Gasteiger partial charge in [0.25, 0.3) is 5.91 Å². The number of carbonyl (C=O) groups is 2. The van der Waals surface area contributed by atoms with Gasteiger partial charge >= 0.3 is 0 Å². The van der Waals surface area contributed by atoms with Crippen molar-refractivity contribution in [2.45, 2.75) is 45.1 Å². The van der Waals surface area contributed by atoms with E-state index in [0.717, 1.165) is 49.3 Å². The molecule has 0 saturated carbocycles. The standard InChI is InChI=1S/C27H32FN5O2S/c1-4-5-6-26(34)30-19-14-25(36-17-19)24-16-29-15-23(31-24)18-7-8-21(22(28)13-18)27(35)33(3)20-9-11-32(2)12-10-20/h7-8,13-17,20H,4-6,9-12H2,1-3H3,(H,30,34). The van der Waals surface area contributed by atoms with Gasteiger partial charge in [-0.3, -0.25) is 14.6 Å². The number of halogens is 1. The first-order chi connectivity index (χ1) is 17.4. The number of aromatic nitrogens is 2. The highest BCUT2D eigenvalue weighted by Gasteiger charge is 2.26. The summed E-state index contributed by atoms with van der Waals surface area (Å²) in [5, 5.41) is 4.78. The second kappa shape index (κ2) is 11.7. The molecule has 0 bridgehead atoms. The van der Waals surface area contributed by atoms with E-state index in [-0.39, 0.29) is 23.4 Å². The number of hydrogen-bond donors (Lipinski definition) is 1. The molecule has 9 heteroatoms. The maximum absolute atomic E-state index is 15.1. The minimum atomic E-state index is -0.572. The molecule has 2 amide bonds. The third-order valence-corrected chi connectivity index (χ3v) is 7.53. The summed E-state index contributed by atoms with van der Waals surface area (Å²) in [5.41, 5.74) is 2.48. The Balaban J connectivity index is 1.48. The quantitative estimate of drug-likeness (QED) is 0.446. The van der Waals surface area contributed by atoms with E-state index in [1.54, 1.807) is 30.4 Å². The lowest BCUT2D eigenvalue weighted by Crippen LogP contribution is -2.44. The second-order valence-electron chi connectivity index (χ2n) is 9.29. The molecule has 0 aliphatic carbocycles. The smallest absolute Gasteiger partial charge is 0.256 e. The van der Waals surface area contributed by atoms with Gasteiger partial charge in [0, 0.05) is 30.5 Å². The lowest BCUT2D eigenvalue weighted by atomic mass is 10.0. The molecule has 0 spiro atoms. The first-order valence-electron chi connectivity index (χ1n) is 12.3. The van der Waals surface area contributed by atoms with Crippen LogP contribution in [-0.2, 0) is 4.79 Å². The van der Waals surface area contributed by atoms with Crippen molar-refractivity contribution in [1.82, 2.24) is 19.8 Å². The van der Waals surface area contributed by atoms with Crippen LogP contribution < -0.4 is 5.32 Å². The van der Waals surface area contributed by atoms with Crippen LogP contribution in [-0.4, -0.2) is 64.8 Å². The summed E-state index contributed by atoms with van der Waals surface area (Å²) in [5.74, 6) is -0.883. The van der Waals surface area contributed by atoms with Gasteiger partial charge in [-0.05, 0) is 57.6 Å². The van der Waals surface area contributed by atoms with Gasteiger partial charge in [-0.1, -0.05) is 19.4 Å². The summed E-state index contributed by atoms with van der Waals surface area (Å²) in [6, 6.07) is 6.56. The zero-order chi connectivity index (χ0) is 25.7. The normalized spacial score (nSPS) is 14.6. The van der Waals surface area contributed by atoms with Crippen molar-refractivity contribution in [2.75, 3.05) is 32.5 Å². The van der Waals surface area contributed by atoms with E-state index in [1.165, 1.54) is 23.5 Å². The Morgan fingerprint density at radius 3 is 2.67 bits per heavy atom. The predicted molar refractivity (Wildman–Crippen MR) is 142 cm³/mol. The minimum Gasteiger partial charge on any atom is -0.339 e. The topological polar surface area (TPSA) is 78.4 Å². The molecule has 190 valence electrons. The molecule has 1 saturated heterocycles. The van der Waals surface area contributed by atoms with Gasteiger partial charge in [-0.15, -0.1) is 11.3 Å². The van der Waals surface area contributed by atoms with E-state index in [2.05, 4.69) is 27.2 Å². The Kier molecular flexibility index (Phi) is 8.43. The second-order valence-corrected chi connectivity index (χ2v) is 10.2. The van der Waals surface area contributed by atoms with Crippen LogP contribution in [0.1, 0.15) is 49.4 Å². The van der Waals surface area contributed by atoms with Crippen molar-refractivity contribution in [2.24, 2.45) is 0 Å². The largest absolute Gasteiger partial charge is 0.339 e. The van der Waals surface area contributed by atoms with Crippen LogP contribution in [0.15, 0.2) is 42.0 Å². The Morgan fingerprint density at radius 1 is 1.19 bits per heavy atom. The molecule has 0 unspecified atom stereocenters. The molecule has 1 N–H and O–H groups in total. The van der Waals surface area contributed by atoms with Gasteiger partial charge in [0.05, 0.1) is 39.9 Å². The molecular formula is C27H32FN5O2S. The van der Waals surface area contributed by atoms with Gasteiger partial charge in [-0.2, -0.15) is 0 Å². The van der Waals surface area contributed by atoms with Crippen molar-refractivity contribution in [3.63, 3.8) is 0 Å². The summed E-state index contributed by atoms with van der Waals surface area (Å²) in [6.07, 6.45) is 7.30. The van der Waals surface area contributed by atoms with Crippen molar-refractivity contribution in [3.8, 4) is 21.8 Å². The molecule has 1 aliphatic rings. The maximum Gasteiger partial charge on any atom is 0.256 e. The van der Waals surface area contributed by atoms with E-state index in [1.807, 2.05) is 18.4 Å². The third-order valence-electron chi connectivity index (χ3n) is 6.58. The molecule has 7 nitrogen and oxygen atoms in total. The molecule has 2 aromatic heterocycles. The molecule has 1 aliphatic heterocycles. The molecular weight excluding hydrogens is 477 g/mol. The number of hydrogen-bond acceptors (Lipinski definition) is 6. The highest BCUT2D eigenvalue weighted by molar-refractivity contribution is 7.14. The Hall–Kier alpha value is -3.17. The fourth-order valence-corrected chi connectivity index (χ4v) is 5.10. The Bertz CT molecular complexity index is 1220. The van der Waals surface area contributed by atoms with Crippen LogP contribution in [0.25, 0.3) is 21.8 Å². The van der Waals surface area contributed by atoms with Crippen LogP contribution in [0.2, 0.25) is 0 Å². The first-order valence-corrected chi connectivity index (χ1v) is 13.2. The van der Waals surface area contributed by atoms with Crippen LogP contribution in [0, 0.1) is 5.82 Å². The third kappa shape index (κ3) is 6.14. The minimum absolute atomic E-state index is 0.00684. The van der Waals surface area contributed by atoms with Gasteiger partial charge in [-0.25, -0.2) is 9.37 Å². The monoisotopic (exact) mass is 509 g/mol. The average Bonchev–Trinajstić information content (AvgIpc) is 3.35. The van der Waals surface area contributed by atoms with Crippen LogP contribution in [0.4, 0.5) is 10.1 Å². The van der Waals surface area contributed by atoms with Crippen molar-refractivity contribution in [3.05, 3.63) is 53.4 Å². The number of carbonyl (C=O) groups excluding carboxylic acids is 2. The number of benzene rings is 1. The number of amides is 2. The van der Waals surface area contributed by atoms with E-state index in [9.17, 15) is 9.59 Å². The fourth-order valence-electron chi connectivity index (χ4n) is 4.31. The number of rotatable bonds is 8. The number of nitrogens with one attached hydrogen (secondary N) is 1. The highest BCUT2D eigenvalue weighted by Crippen LogP contribution is 2.30. The van der Waals surface area contributed by atoms with Crippen LogP contribution in [0.3, 0.4) is 0 Å². The van der Waals surface area contributed by atoms with E-state index in [4.69, 9.17) is 0 Å². The Labute approximate surface area is 215 Å². The molecule has 4 rings (SSSR count). The predicted octanol–water partition coefficient (Wildman–Crippen LogP) is 5.31. The number of anilines is 1. The van der Waals surface area contributed by atoms with E-state index in [0.29, 0.717) is 23.4 Å². The zero-order valence-corrected chi connectivity index (χ0v) is 21.8. The van der Waals surface area contributed by atoms with E-state index >= 15 is 4.39 Å². The van der Waals surface area contributed by atoms with Crippen molar-refractivity contribution < 1.29 is 14.0 Å². The molecule has 36 heavy (non-hydrogen) atoms. The molecule has 3 heterocycles. The molecule has 1 aromatic carbocycles. The van der Waals surface area contributed by atoms with Crippen LogP contribution in [0.5, 0.6) is 0 Å². The number of likely N-dealkylation sites (tertiary alicyclic amines) is 1. The number of piperidine rings is 1. The lowest BCUT2D eigenvalue weighted by molar-refractivity contribution is -0.116. The molecule has 3 aromatic rings. The first kappa shape index (κ1) is 25.9. The SMILES string of the molecule is CCCCC(=O)Nc1csc(-c2cncc(-c3ccc(C(=O)N(C)C4CCN(C)CC4)c(F)c3)n2)c1. The van der Waals surface area contributed by atoms with Gasteiger partial charge in [0.1, 0.15) is 5.82 Å². The van der Waals surface area contributed by atoms with Crippen molar-refractivity contribution >= 4 is 28.8 Å². The van der Waals surface area contributed by atoms with Gasteiger partial charge in [0.15, 0.2) is 0 Å². The van der Waals surface area contributed by atoms with Gasteiger partial charge in [0.2, 0.25) is 5.91 Å². The summed E-state index contributed by atoms with van der Waals surface area (Å²) in [6.45, 7) is 3.90. The van der Waals surface area contributed by atoms with Crippen molar-refractivity contribution in [1.29, 1.82) is 0 Å². The Morgan fingerprint density at radius 2 is 1.94 bits per heavy atom. The van der Waals surface area contributed by atoms with Gasteiger partial charge < -0.3 is 15.1 Å². The number of unbranched alkanes of at least 4 members (excludes halogenated alkanes) is 1. The van der Waals surface area contributed by atoms with E-state index < -0.39 is 5.82 Å². The lowest BCUT2D eigenvalue weighted by Gasteiger charge is -2.35. The maximum atomic E-state index is 15.1. The summed E-state index contributed by atoms with van der Waals surface area (Å²) in [7, 11) is 3.82. The fraction of sp³-hybridized carbons (Fsp3) is 0.407. The average molecular weight is 510 g/mol. The molecule has 1 fully saturated rings. The highest BCUT2D eigenvalue weighted by atomic mass is 32.1. The number of nitrogens with zero attached hydrogens (tertiary/aromatic N) is 4. The molecule has 0 radical (unpaired) electrons. The summed E-state index contributed by atoms with van der Waals surface area (Å²) < 4.78 is 15.1. The summed E-state index contributed by atoms with van der Waals surface area (Å²) >= 11 is 1.45. The van der Waals surface area contributed by atoms with Crippen LogP contribution >= 0.6 is 11.3 Å².